The second kappa shape index (κ2) is 5.14. The molecule has 1 aliphatic carbocycles. The summed E-state index contributed by atoms with van der Waals surface area (Å²) < 4.78 is 5.13. The van der Waals surface area contributed by atoms with E-state index in [9.17, 15) is 4.79 Å². The Hall–Kier alpha value is -2.30. The highest BCUT2D eigenvalue weighted by atomic mass is 16.3. The first kappa shape index (κ1) is 11.8. The molecule has 0 saturated heterocycles. The van der Waals surface area contributed by atoms with Gasteiger partial charge in [-0.05, 0) is 37.1 Å². The molecule has 1 saturated carbocycles. The smallest absolute Gasteiger partial charge is 0.251 e. The van der Waals surface area contributed by atoms with Crippen molar-refractivity contribution in [2.45, 2.75) is 25.4 Å². The van der Waals surface area contributed by atoms with Gasteiger partial charge in [-0.25, -0.2) is 4.98 Å². The molecule has 98 valence electrons. The summed E-state index contributed by atoms with van der Waals surface area (Å²) in [7, 11) is 0. The molecule has 2 aromatic rings. The molecule has 19 heavy (non-hydrogen) atoms. The average molecular weight is 257 g/mol. The molecule has 1 aromatic heterocycles. The number of rotatable bonds is 5. The van der Waals surface area contributed by atoms with Gasteiger partial charge in [0, 0.05) is 17.3 Å². The summed E-state index contributed by atoms with van der Waals surface area (Å²) in [6.45, 7) is 0.577. The Kier molecular flexibility index (Phi) is 3.18. The predicted molar refractivity (Wildman–Crippen MR) is 70.8 cm³/mol. The van der Waals surface area contributed by atoms with Gasteiger partial charge in [0.05, 0.1) is 12.7 Å². The van der Waals surface area contributed by atoms with Crippen LogP contribution in [0.3, 0.4) is 0 Å². The standard InChI is InChI=1S/C14H15N3O2/c18-14(17-12-5-6-12)10-1-3-11(4-2-10)16-8-13-7-15-9-19-13/h1-4,7,9,12,16H,5-6,8H2,(H,17,18). The van der Waals surface area contributed by atoms with Gasteiger partial charge in [0.25, 0.3) is 5.91 Å². The van der Waals surface area contributed by atoms with Crippen molar-refractivity contribution in [3.63, 3.8) is 0 Å². The highest BCUT2D eigenvalue weighted by Gasteiger charge is 2.23. The third-order valence-corrected chi connectivity index (χ3v) is 3.01. The maximum absolute atomic E-state index is 11.8. The highest BCUT2D eigenvalue weighted by molar-refractivity contribution is 5.94. The minimum atomic E-state index is 0.00397. The van der Waals surface area contributed by atoms with E-state index >= 15 is 0 Å². The maximum atomic E-state index is 11.8. The van der Waals surface area contributed by atoms with E-state index in [1.807, 2.05) is 24.3 Å². The lowest BCUT2D eigenvalue weighted by molar-refractivity contribution is 0.0951. The molecule has 1 heterocycles. The molecule has 0 unspecified atom stereocenters. The van der Waals surface area contributed by atoms with Gasteiger partial charge in [-0.15, -0.1) is 0 Å². The Morgan fingerprint density at radius 3 is 2.74 bits per heavy atom. The van der Waals surface area contributed by atoms with E-state index in [1.54, 1.807) is 6.20 Å². The van der Waals surface area contributed by atoms with Crippen molar-refractivity contribution in [1.29, 1.82) is 0 Å². The Morgan fingerprint density at radius 2 is 2.11 bits per heavy atom. The van der Waals surface area contributed by atoms with E-state index < -0.39 is 0 Å². The zero-order chi connectivity index (χ0) is 13.1. The van der Waals surface area contributed by atoms with Crippen LogP contribution in [0.1, 0.15) is 29.0 Å². The number of carbonyl (C=O) groups is 1. The second-order valence-electron chi connectivity index (χ2n) is 4.65. The van der Waals surface area contributed by atoms with Gasteiger partial charge >= 0.3 is 0 Å². The molecule has 0 atom stereocenters. The molecule has 5 nitrogen and oxygen atoms in total. The van der Waals surface area contributed by atoms with Crippen LogP contribution in [0.15, 0.2) is 41.3 Å². The van der Waals surface area contributed by atoms with Gasteiger partial charge in [-0.2, -0.15) is 0 Å². The first-order chi connectivity index (χ1) is 9.31. The number of amides is 1. The molecule has 1 aromatic carbocycles. The topological polar surface area (TPSA) is 67.2 Å². The predicted octanol–water partition coefficient (Wildman–Crippen LogP) is 2.18. The van der Waals surface area contributed by atoms with Crippen LogP contribution in [0, 0.1) is 0 Å². The molecule has 0 spiro atoms. The Morgan fingerprint density at radius 1 is 1.32 bits per heavy atom. The van der Waals surface area contributed by atoms with E-state index in [0.717, 1.165) is 24.3 Å². The van der Waals surface area contributed by atoms with Crippen LogP contribution in [0.2, 0.25) is 0 Å². The van der Waals surface area contributed by atoms with Crippen molar-refractivity contribution in [3.05, 3.63) is 48.2 Å². The number of nitrogens with zero attached hydrogens (tertiary/aromatic N) is 1. The number of aromatic nitrogens is 1. The average Bonchev–Trinajstić information content (AvgIpc) is 3.09. The first-order valence-electron chi connectivity index (χ1n) is 6.33. The number of nitrogens with one attached hydrogen (secondary N) is 2. The van der Waals surface area contributed by atoms with Gasteiger partial charge in [-0.1, -0.05) is 0 Å². The molecular formula is C14H15N3O2. The molecule has 0 aliphatic heterocycles. The number of hydrogen-bond acceptors (Lipinski definition) is 4. The van der Waals surface area contributed by atoms with Crippen molar-refractivity contribution in [2.24, 2.45) is 0 Å². The fourth-order valence-electron chi connectivity index (χ4n) is 1.75. The molecule has 5 heteroatoms. The van der Waals surface area contributed by atoms with Crippen LogP contribution in [0.5, 0.6) is 0 Å². The van der Waals surface area contributed by atoms with Crippen LogP contribution in [0.25, 0.3) is 0 Å². The van der Waals surface area contributed by atoms with Crippen molar-refractivity contribution >= 4 is 11.6 Å². The van der Waals surface area contributed by atoms with Gasteiger partial charge < -0.3 is 15.1 Å². The lowest BCUT2D eigenvalue weighted by atomic mass is 10.2. The molecule has 2 N–H and O–H groups in total. The number of carbonyl (C=O) groups excluding carboxylic acids is 1. The quantitative estimate of drug-likeness (QED) is 0.861. The minimum absolute atomic E-state index is 0.00397. The molecule has 1 amide bonds. The summed E-state index contributed by atoms with van der Waals surface area (Å²) in [6, 6.07) is 7.80. The Balaban J connectivity index is 1.57. The number of hydrogen-bond donors (Lipinski definition) is 2. The van der Waals surface area contributed by atoms with Crippen LogP contribution < -0.4 is 10.6 Å². The normalized spacial score (nSPS) is 14.1. The van der Waals surface area contributed by atoms with Crippen LogP contribution >= 0.6 is 0 Å². The van der Waals surface area contributed by atoms with E-state index in [-0.39, 0.29) is 5.91 Å². The van der Waals surface area contributed by atoms with Crippen molar-refractivity contribution in [3.8, 4) is 0 Å². The minimum Gasteiger partial charge on any atom is -0.447 e. The largest absolute Gasteiger partial charge is 0.447 e. The summed E-state index contributed by atoms with van der Waals surface area (Å²) in [5, 5.41) is 6.16. The van der Waals surface area contributed by atoms with Gasteiger partial charge in [0.15, 0.2) is 6.39 Å². The molecule has 1 fully saturated rings. The van der Waals surface area contributed by atoms with E-state index in [4.69, 9.17) is 4.42 Å². The lowest BCUT2D eigenvalue weighted by Crippen LogP contribution is -2.25. The summed E-state index contributed by atoms with van der Waals surface area (Å²) in [6.07, 6.45) is 5.28. The molecule has 0 bridgehead atoms. The summed E-state index contributed by atoms with van der Waals surface area (Å²) in [4.78, 5) is 15.6. The van der Waals surface area contributed by atoms with Crippen LogP contribution in [-0.2, 0) is 6.54 Å². The number of anilines is 1. The van der Waals surface area contributed by atoms with Gasteiger partial charge in [0.2, 0.25) is 0 Å². The monoisotopic (exact) mass is 257 g/mol. The van der Waals surface area contributed by atoms with Crippen LogP contribution in [0.4, 0.5) is 5.69 Å². The second-order valence-corrected chi connectivity index (χ2v) is 4.65. The fraction of sp³-hybridized carbons (Fsp3) is 0.286. The number of oxazole rings is 1. The fourth-order valence-corrected chi connectivity index (χ4v) is 1.75. The third-order valence-electron chi connectivity index (χ3n) is 3.01. The maximum Gasteiger partial charge on any atom is 0.251 e. The lowest BCUT2D eigenvalue weighted by Gasteiger charge is -2.06. The Bertz CT molecular complexity index is 545. The van der Waals surface area contributed by atoms with Crippen molar-refractivity contribution < 1.29 is 9.21 Å². The molecular weight excluding hydrogens is 242 g/mol. The molecule has 3 rings (SSSR count). The van der Waals surface area contributed by atoms with E-state index in [1.165, 1.54) is 6.39 Å². The highest BCUT2D eigenvalue weighted by Crippen LogP contribution is 2.19. The Labute approximate surface area is 111 Å². The molecule has 0 radical (unpaired) electrons. The van der Waals surface area contributed by atoms with E-state index in [0.29, 0.717) is 18.2 Å². The van der Waals surface area contributed by atoms with Crippen molar-refractivity contribution in [2.75, 3.05) is 5.32 Å². The zero-order valence-electron chi connectivity index (χ0n) is 10.4. The summed E-state index contributed by atoms with van der Waals surface area (Å²) in [5.41, 5.74) is 1.64. The first-order valence-corrected chi connectivity index (χ1v) is 6.33. The zero-order valence-corrected chi connectivity index (χ0v) is 10.4. The van der Waals surface area contributed by atoms with Crippen molar-refractivity contribution in [1.82, 2.24) is 10.3 Å². The van der Waals surface area contributed by atoms with Gasteiger partial charge in [0.1, 0.15) is 5.76 Å². The summed E-state index contributed by atoms with van der Waals surface area (Å²) >= 11 is 0. The van der Waals surface area contributed by atoms with Gasteiger partial charge in [-0.3, -0.25) is 4.79 Å². The van der Waals surface area contributed by atoms with Crippen LogP contribution in [-0.4, -0.2) is 16.9 Å². The summed E-state index contributed by atoms with van der Waals surface area (Å²) in [5.74, 6) is 0.778. The molecule has 1 aliphatic rings. The SMILES string of the molecule is O=C(NC1CC1)c1ccc(NCc2cnco2)cc1. The third kappa shape index (κ3) is 3.13. The number of benzene rings is 1. The van der Waals surface area contributed by atoms with E-state index in [2.05, 4.69) is 15.6 Å².